The van der Waals surface area contributed by atoms with Gasteiger partial charge in [0.2, 0.25) is 0 Å². The van der Waals surface area contributed by atoms with Crippen molar-refractivity contribution in [3.63, 3.8) is 0 Å². The first kappa shape index (κ1) is 13.9. The summed E-state index contributed by atoms with van der Waals surface area (Å²) in [5, 5.41) is 12.6. The molecule has 0 radical (unpaired) electrons. The van der Waals surface area contributed by atoms with Gasteiger partial charge < -0.3 is 10.4 Å². The maximum Gasteiger partial charge on any atom is 0.255 e. The van der Waals surface area contributed by atoms with Gasteiger partial charge in [-0.2, -0.15) is 11.8 Å². The van der Waals surface area contributed by atoms with E-state index in [4.69, 9.17) is 0 Å². The van der Waals surface area contributed by atoms with Crippen LogP contribution in [0.15, 0.2) is 18.2 Å². The minimum Gasteiger partial charge on any atom is -0.507 e. The van der Waals surface area contributed by atoms with E-state index in [0.29, 0.717) is 18.0 Å². The van der Waals surface area contributed by atoms with Crippen LogP contribution in [0.3, 0.4) is 0 Å². The van der Waals surface area contributed by atoms with Gasteiger partial charge in [0.25, 0.3) is 5.91 Å². The van der Waals surface area contributed by atoms with Gasteiger partial charge in [-0.1, -0.05) is 19.1 Å². The second-order valence-electron chi connectivity index (χ2n) is 4.24. The number of phenolic OH excluding ortho intramolecular Hbond substituents is 1. The Morgan fingerprint density at radius 1 is 1.53 bits per heavy atom. The van der Waals surface area contributed by atoms with E-state index in [1.54, 1.807) is 36.9 Å². The summed E-state index contributed by atoms with van der Waals surface area (Å²) in [5.74, 6) is 1.31. The molecule has 0 saturated carbocycles. The summed E-state index contributed by atoms with van der Waals surface area (Å²) in [4.78, 5) is 11.8. The number of nitrogens with one attached hydrogen (secondary N) is 1. The number of phenols is 1. The predicted molar refractivity (Wildman–Crippen MR) is 72.7 cm³/mol. The van der Waals surface area contributed by atoms with Crippen LogP contribution in [0.5, 0.6) is 5.75 Å². The number of rotatable bonds is 5. The first-order chi connectivity index (χ1) is 8.06. The Morgan fingerprint density at radius 3 is 2.88 bits per heavy atom. The Morgan fingerprint density at radius 2 is 2.24 bits per heavy atom. The monoisotopic (exact) mass is 253 g/mol. The number of carbonyl (C=O) groups is 1. The van der Waals surface area contributed by atoms with Gasteiger partial charge in [0.15, 0.2) is 0 Å². The number of carbonyl (C=O) groups excluding carboxylic acids is 1. The summed E-state index contributed by atoms with van der Waals surface area (Å²) in [6.45, 7) is 4.50. The summed E-state index contributed by atoms with van der Waals surface area (Å²) in [5.41, 5.74) is 1.07. The molecule has 0 aromatic heterocycles. The van der Waals surface area contributed by atoms with Crippen LogP contribution in [0, 0.1) is 12.8 Å². The normalized spacial score (nSPS) is 12.2. The van der Waals surface area contributed by atoms with E-state index in [1.807, 2.05) is 6.26 Å². The standard InChI is InChI=1S/C13H19NO2S/c1-9(8-17-3)7-14-13(16)11-6-4-5-10(2)12(11)15/h4-6,9,15H,7-8H2,1-3H3,(H,14,16). The summed E-state index contributed by atoms with van der Waals surface area (Å²) >= 11 is 1.76. The zero-order chi connectivity index (χ0) is 12.8. The van der Waals surface area contributed by atoms with Crippen LogP contribution in [-0.2, 0) is 0 Å². The zero-order valence-corrected chi connectivity index (χ0v) is 11.3. The van der Waals surface area contributed by atoms with Gasteiger partial charge in [-0.15, -0.1) is 0 Å². The Bertz CT molecular complexity index is 393. The van der Waals surface area contributed by atoms with Crippen molar-refractivity contribution in [2.75, 3.05) is 18.6 Å². The SMILES string of the molecule is CSCC(C)CNC(=O)c1cccc(C)c1O. The van der Waals surface area contributed by atoms with Crippen molar-refractivity contribution in [2.24, 2.45) is 5.92 Å². The van der Waals surface area contributed by atoms with Gasteiger partial charge in [-0.05, 0) is 36.5 Å². The van der Waals surface area contributed by atoms with Crippen molar-refractivity contribution in [3.05, 3.63) is 29.3 Å². The predicted octanol–water partition coefficient (Wildman–Crippen LogP) is 2.43. The minimum absolute atomic E-state index is 0.0718. The third-order valence-electron chi connectivity index (χ3n) is 2.54. The molecule has 4 heteroatoms. The molecule has 0 heterocycles. The molecule has 0 aliphatic rings. The molecule has 1 amide bonds. The smallest absolute Gasteiger partial charge is 0.255 e. The molecule has 2 N–H and O–H groups in total. The van der Waals surface area contributed by atoms with Crippen molar-refractivity contribution < 1.29 is 9.90 Å². The minimum atomic E-state index is -0.209. The number of amides is 1. The van der Waals surface area contributed by atoms with Crippen molar-refractivity contribution in [2.45, 2.75) is 13.8 Å². The van der Waals surface area contributed by atoms with E-state index in [-0.39, 0.29) is 11.7 Å². The average molecular weight is 253 g/mol. The molecule has 0 aliphatic carbocycles. The van der Waals surface area contributed by atoms with Crippen molar-refractivity contribution in [1.29, 1.82) is 0 Å². The largest absolute Gasteiger partial charge is 0.507 e. The Kier molecular flexibility index (Phi) is 5.35. The molecule has 3 nitrogen and oxygen atoms in total. The molecule has 1 rings (SSSR count). The van der Waals surface area contributed by atoms with Crippen molar-refractivity contribution in [3.8, 4) is 5.75 Å². The summed E-state index contributed by atoms with van der Waals surface area (Å²) < 4.78 is 0. The molecule has 0 fully saturated rings. The topological polar surface area (TPSA) is 49.3 Å². The number of hydrogen-bond donors (Lipinski definition) is 2. The van der Waals surface area contributed by atoms with Gasteiger partial charge in [-0.3, -0.25) is 4.79 Å². The Labute approximate surface area is 107 Å². The van der Waals surface area contributed by atoms with Crippen LogP contribution in [0.4, 0.5) is 0 Å². The van der Waals surface area contributed by atoms with Crippen LogP contribution in [0.2, 0.25) is 0 Å². The summed E-state index contributed by atoms with van der Waals surface area (Å²) in [6, 6.07) is 5.19. The third kappa shape index (κ3) is 3.97. The molecule has 1 aromatic rings. The average Bonchev–Trinajstić information content (AvgIpc) is 2.30. The van der Waals surface area contributed by atoms with E-state index in [2.05, 4.69) is 12.2 Å². The highest BCUT2D eigenvalue weighted by Gasteiger charge is 2.12. The van der Waals surface area contributed by atoms with Crippen molar-refractivity contribution in [1.82, 2.24) is 5.32 Å². The molecule has 0 spiro atoms. The maximum absolute atomic E-state index is 11.8. The molecule has 1 aromatic carbocycles. The van der Waals surface area contributed by atoms with E-state index in [0.717, 1.165) is 11.3 Å². The Balaban J connectivity index is 2.61. The highest BCUT2D eigenvalue weighted by molar-refractivity contribution is 7.98. The molecule has 94 valence electrons. The van der Waals surface area contributed by atoms with Gasteiger partial charge in [-0.25, -0.2) is 0 Å². The van der Waals surface area contributed by atoms with Gasteiger partial charge in [0.1, 0.15) is 5.75 Å². The molecule has 0 aliphatic heterocycles. The number of hydrogen-bond acceptors (Lipinski definition) is 3. The number of para-hydroxylation sites is 1. The van der Waals surface area contributed by atoms with Crippen LogP contribution in [-0.4, -0.2) is 29.6 Å². The first-order valence-electron chi connectivity index (χ1n) is 5.62. The third-order valence-corrected chi connectivity index (χ3v) is 3.45. The molecular weight excluding hydrogens is 234 g/mol. The van der Waals surface area contributed by atoms with Crippen molar-refractivity contribution >= 4 is 17.7 Å². The zero-order valence-electron chi connectivity index (χ0n) is 10.5. The maximum atomic E-state index is 11.8. The van der Waals surface area contributed by atoms with Gasteiger partial charge >= 0.3 is 0 Å². The molecule has 17 heavy (non-hydrogen) atoms. The fourth-order valence-corrected chi connectivity index (χ4v) is 2.23. The molecule has 1 atom stereocenters. The molecule has 0 saturated heterocycles. The van der Waals surface area contributed by atoms with E-state index in [9.17, 15) is 9.90 Å². The fraction of sp³-hybridized carbons (Fsp3) is 0.462. The molecular formula is C13H19NO2S. The lowest BCUT2D eigenvalue weighted by Crippen LogP contribution is -2.29. The lowest BCUT2D eigenvalue weighted by atomic mass is 10.1. The number of aromatic hydroxyl groups is 1. The van der Waals surface area contributed by atoms with Crippen LogP contribution in [0.25, 0.3) is 0 Å². The van der Waals surface area contributed by atoms with E-state index < -0.39 is 0 Å². The molecule has 1 unspecified atom stereocenters. The molecule has 0 bridgehead atoms. The highest BCUT2D eigenvalue weighted by atomic mass is 32.2. The lowest BCUT2D eigenvalue weighted by molar-refractivity contribution is 0.0946. The second kappa shape index (κ2) is 6.55. The highest BCUT2D eigenvalue weighted by Crippen LogP contribution is 2.21. The summed E-state index contributed by atoms with van der Waals surface area (Å²) in [7, 11) is 0. The van der Waals surface area contributed by atoms with E-state index >= 15 is 0 Å². The first-order valence-corrected chi connectivity index (χ1v) is 7.01. The fourth-order valence-electron chi connectivity index (χ4n) is 1.55. The van der Waals surface area contributed by atoms with Gasteiger partial charge in [0.05, 0.1) is 5.56 Å². The number of thioether (sulfide) groups is 1. The van der Waals surface area contributed by atoms with E-state index in [1.165, 1.54) is 0 Å². The van der Waals surface area contributed by atoms with Crippen LogP contribution in [0.1, 0.15) is 22.8 Å². The van der Waals surface area contributed by atoms with Crippen LogP contribution < -0.4 is 5.32 Å². The summed E-state index contributed by atoms with van der Waals surface area (Å²) in [6.07, 6.45) is 2.05. The second-order valence-corrected chi connectivity index (χ2v) is 5.15. The Hall–Kier alpha value is -1.16. The van der Waals surface area contributed by atoms with Gasteiger partial charge in [0, 0.05) is 6.54 Å². The number of benzene rings is 1. The quantitative estimate of drug-likeness (QED) is 0.847. The van der Waals surface area contributed by atoms with Crippen LogP contribution >= 0.6 is 11.8 Å². The lowest BCUT2D eigenvalue weighted by Gasteiger charge is -2.12. The number of aryl methyl sites for hydroxylation is 1.